The second-order valence-corrected chi connectivity index (χ2v) is 12.4. The van der Waals surface area contributed by atoms with Gasteiger partial charge < -0.3 is 4.74 Å². The van der Waals surface area contributed by atoms with Crippen molar-refractivity contribution in [2.45, 2.75) is 45.8 Å². The fourth-order valence-electron chi connectivity index (χ4n) is 2.44. The van der Waals surface area contributed by atoms with Crippen LogP contribution in [0.3, 0.4) is 0 Å². The highest BCUT2D eigenvalue weighted by molar-refractivity contribution is 6.88. The maximum atomic E-state index is 14.5. The zero-order chi connectivity index (χ0) is 21.3. The molecule has 2 rings (SSSR count). The standard InChI is InChI=1S/C18H22F4N4OSi/c1-11(7-15(19)17(23-3)27-12(2)18(20,21)22)13-8-14-10-24-25-26(14)16(9-13)28(4,5)6/h7-10,12H,3H2,1-2,4-6H3/b11-7+,17-15-/t12-/m0/s1. The normalized spacial score (nSPS) is 15.4. The Morgan fingerprint density at radius 3 is 2.50 bits per heavy atom. The molecule has 152 valence electrons. The molecule has 0 saturated carbocycles. The highest BCUT2D eigenvalue weighted by Crippen LogP contribution is 2.27. The first-order chi connectivity index (χ1) is 12.8. The van der Waals surface area contributed by atoms with E-state index in [1.807, 2.05) is 6.07 Å². The van der Waals surface area contributed by atoms with Crippen LogP contribution in [0.4, 0.5) is 17.6 Å². The van der Waals surface area contributed by atoms with Crippen LogP contribution >= 0.6 is 0 Å². The number of alkyl halides is 3. The summed E-state index contributed by atoms with van der Waals surface area (Å²) in [6, 6.07) is 3.68. The SMILES string of the molecule is C=N/C(O[C@@H](C)C(F)(F)F)=C(F)\C=C(/C)c1cc([Si](C)(C)C)n2nncc2c1. The van der Waals surface area contributed by atoms with Crippen molar-refractivity contribution >= 4 is 31.2 Å². The van der Waals surface area contributed by atoms with Gasteiger partial charge in [-0.25, -0.2) is 13.9 Å². The summed E-state index contributed by atoms with van der Waals surface area (Å²) < 4.78 is 58.8. The molecule has 0 aromatic carbocycles. The summed E-state index contributed by atoms with van der Waals surface area (Å²) in [6.45, 7) is 11.9. The molecule has 0 aliphatic heterocycles. The van der Waals surface area contributed by atoms with Crippen LogP contribution in [-0.4, -0.2) is 41.9 Å². The molecular weight excluding hydrogens is 392 g/mol. The smallest absolute Gasteiger partial charge is 0.425 e. The lowest BCUT2D eigenvalue weighted by Gasteiger charge is -2.19. The number of allylic oxidation sites excluding steroid dienone is 3. The Hall–Kier alpha value is -2.49. The number of hydrogen-bond donors (Lipinski definition) is 0. The Morgan fingerprint density at radius 2 is 1.96 bits per heavy atom. The second kappa shape index (κ2) is 7.86. The first-order valence-electron chi connectivity index (χ1n) is 8.48. The molecule has 0 amide bonds. The van der Waals surface area contributed by atoms with Crippen molar-refractivity contribution in [2.75, 3.05) is 0 Å². The van der Waals surface area contributed by atoms with E-state index in [1.54, 1.807) is 23.7 Å². The molecule has 2 aromatic rings. The minimum atomic E-state index is -4.64. The van der Waals surface area contributed by atoms with Crippen molar-refractivity contribution in [1.82, 2.24) is 14.8 Å². The molecular formula is C18H22F4N4OSi. The Morgan fingerprint density at radius 1 is 1.32 bits per heavy atom. The van der Waals surface area contributed by atoms with Crippen molar-refractivity contribution in [2.24, 2.45) is 4.99 Å². The summed E-state index contributed by atoms with van der Waals surface area (Å²) in [5, 5.41) is 8.99. The van der Waals surface area contributed by atoms with Gasteiger partial charge >= 0.3 is 6.18 Å². The van der Waals surface area contributed by atoms with Gasteiger partial charge in [0, 0.05) is 5.32 Å². The quantitative estimate of drug-likeness (QED) is 0.230. The van der Waals surface area contributed by atoms with Crippen LogP contribution < -0.4 is 5.32 Å². The number of aromatic nitrogens is 3. The molecule has 2 heterocycles. The lowest BCUT2D eigenvalue weighted by atomic mass is 10.1. The van der Waals surface area contributed by atoms with E-state index in [2.05, 4.69) is 46.4 Å². The van der Waals surface area contributed by atoms with Gasteiger partial charge in [-0.15, -0.1) is 5.10 Å². The van der Waals surface area contributed by atoms with Crippen molar-refractivity contribution in [3.63, 3.8) is 0 Å². The number of fused-ring (bicyclic) bond motifs is 1. The predicted molar refractivity (Wildman–Crippen MR) is 104 cm³/mol. The topological polar surface area (TPSA) is 51.8 Å². The first-order valence-corrected chi connectivity index (χ1v) is 12.0. The van der Waals surface area contributed by atoms with Gasteiger partial charge in [-0.05, 0) is 49.9 Å². The summed E-state index contributed by atoms with van der Waals surface area (Å²) in [6.07, 6.45) is -4.17. The number of rotatable bonds is 6. The third-order valence-corrected chi connectivity index (χ3v) is 5.96. The fourth-order valence-corrected chi connectivity index (χ4v) is 3.84. The van der Waals surface area contributed by atoms with Gasteiger partial charge in [0.15, 0.2) is 11.9 Å². The van der Waals surface area contributed by atoms with Crippen molar-refractivity contribution in [1.29, 1.82) is 0 Å². The van der Waals surface area contributed by atoms with E-state index >= 15 is 0 Å². The van der Waals surface area contributed by atoms with Gasteiger partial charge in [0.1, 0.15) is 8.07 Å². The molecule has 0 unspecified atom stereocenters. The third-order valence-electron chi connectivity index (χ3n) is 4.06. The number of ether oxygens (including phenoxy) is 1. The molecule has 0 fully saturated rings. The van der Waals surface area contributed by atoms with E-state index in [-0.39, 0.29) is 0 Å². The highest BCUT2D eigenvalue weighted by atomic mass is 28.3. The van der Waals surface area contributed by atoms with E-state index in [1.165, 1.54) is 0 Å². The average molecular weight is 414 g/mol. The van der Waals surface area contributed by atoms with Crippen LogP contribution in [0.5, 0.6) is 0 Å². The number of nitrogens with zero attached hydrogens (tertiary/aromatic N) is 4. The largest absolute Gasteiger partial charge is 0.463 e. The number of pyridine rings is 1. The van der Waals surface area contributed by atoms with Gasteiger partial charge in [-0.2, -0.15) is 13.2 Å². The van der Waals surface area contributed by atoms with Crippen LogP contribution in [0, 0.1) is 0 Å². The molecule has 0 saturated heterocycles. The first kappa shape index (κ1) is 21.8. The van der Waals surface area contributed by atoms with Crippen molar-refractivity contribution < 1.29 is 22.3 Å². The molecule has 0 bridgehead atoms. The minimum absolute atomic E-state index is 0.491. The molecule has 10 heteroatoms. The number of aliphatic imine (C=N–C) groups is 1. The lowest BCUT2D eigenvalue weighted by molar-refractivity contribution is -0.203. The monoisotopic (exact) mass is 414 g/mol. The Bertz CT molecular complexity index is 941. The predicted octanol–water partition coefficient (Wildman–Crippen LogP) is 4.48. The van der Waals surface area contributed by atoms with E-state index < -0.39 is 32.1 Å². The van der Waals surface area contributed by atoms with Crippen LogP contribution in [-0.2, 0) is 4.74 Å². The zero-order valence-corrected chi connectivity index (χ0v) is 17.3. The minimum Gasteiger partial charge on any atom is -0.463 e. The average Bonchev–Trinajstić information content (AvgIpc) is 3.04. The van der Waals surface area contributed by atoms with Crippen LogP contribution in [0.2, 0.25) is 19.6 Å². The van der Waals surface area contributed by atoms with Crippen molar-refractivity contribution in [3.05, 3.63) is 41.7 Å². The van der Waals surface area contributed by atoms with E-state index in [0.29, 0.717) is 11.1 Å². The zero-order valence-electron chi connectivity index (χ0n) is 16.3. The molecule has 0 aliphatic carbocycles. The molecule has 0 spiro atoms. The molecule has 0 aliphatic rings. The maximum absolute atomic E-state index is 14.5. The number of halogens is 4. The van der Waals surface area contributed by atoms with Gasteiger partial charge in [0.25, 0.3) is 0 Å². The molecule has 0 N–H and O–H groups in total. The fraction of sp³-hybridized carbons (Fsp3) is 0.389. The molecule has 28 heavy (non-hydrogen) atoms. The van der Waals surface area contributed by atoms with Crippen LogP contribution in [0.25, 0.3) is 11.1 Å². The Labute approximate surface area is 161 Å². The highest BCUT2D eigenvalue weighted by Gasteiger charge is 2.38. The molecule has 0 radical (unpaired) electrons. The summed E-state index contributed by atoms with van der Waals surface area (Å²) in [5.41, 5.74) is 1.94. The van der Waals surface area contributed by atoms with Gasteiger partial charge in [0.05, 0.1) is 11.7 Å². The summed E-state index contributed by atoms with van der Waals surface area (Å²) in [5.74, 6) is -1.84. The molecule has 2 aromatic heterocycles. The summed E-state index contributed by atoms with van der Waals surface area (Å²) in [7, 11) is -1.80. The summed E-state index contributed by atoms with van der Waals surface area (Å²) in [4.78, 5) is 3.26. The molecule has 1 atom stereocenters. The van der Waals surface area contributed by atoms with E-state index in [9.17, 15) is 17.6 Å². The molecule has 5 nitrogen and oxygen atoms in total. The van der Waals surface area contributed by atoms with E-state index in [0.717, 1.165) is 23.8 Å². The number of hydrogen-bond acceptors (Lipinski definition) is 4. The summed E-state index contributed by atoms with van der Waals surface area (Å²) >= 11 is 0. The van der Waals surface area contributed by atoms with Gasteiger partial charge in [0.2, 0.25) is 5.88 Å². The Balaban J connectivity index is 2.47. The van der Waals surface area contributed by atoms with E-state index in [4.69, 9.17) is 0 Å². The van der Waals surface area contributed by atoms with Crippen LogP contribution in [0.1, 0.15) is 19.4 Å². The van der Waals surface area contributed by atoms with Gasteiger partial charge in [-0.1, -0.05) is 24.9 Å². The Kier molecular flexibility index (Phi) is 6.12. The maximum Gasteiger partial charge on any atom is 0.425 e. The van der Waals surface area contributed by atoms with Crippen molar-refractivity contribution in [3.8, 4) is 0 Å². The lowest BCUT2D eigenvalue weighted by Crippen LogP contribution is -2.42. The third kappa shape index (κ3) is 4.86. The van der Waals surface area contributed by atoms with Gasteiger partial charge in [-0.3, -0.25) is 0 Å². The van der Waals surface area contributed by atoms with Crippen LogP contribution in [0.15, 0.2) is 41.1 Å². The second-order valence-electron chi connectivity index (χ2n) is 7.39.